The predicted molar refractivity (Wildman–Crippen MR) is 74.3 cm³/mol. The molecular weight excluding hydrogens is 300 g/mol. The lowest BCUT2D eigenvalue weighted by molar-refractivity contribution is 0.0574. The van der Waals surface area contributed by atoms with Crippen molar-refractivity contribution < 1.29 is 4.79 Å². The van der Waals surface area contributed by atoms with Crippen molar-refractivity contribution in [3.05, 3.63) is 20.8 Å². The standard InChI is InChI=1S/C12H17BrN2OS/c1-8-2-3-15(10(4-8)6-14)12(16)9-5-11(13)17-7-9/h5,7-8,10H,2-4,6,14H2,1H3. The zero-order chi connectivity index (χ0) is 12.4. The van der Waals surface area contributed by atoms with Gasteiger partial charge in [0, 0.05) is 24.5 Å². The van der Waals surface area contributed by atoms with E-state index in [1.54, 1.807) is 11.3 Å². The summed E-state index contributed by atoms with van der Waals surface area (Å²) in [6.07, 6.45) is 2.10. The second-order valence-electron chi connectivity index (χ2n) is 4.66. The number of nitrogens with two attached hydrogens (primary N) is 1. The Bertz CT molecular complexity index is 407. The molecule has 0 aliphatic carbocycles. The Labute approximate surface area is 114 Å². The molecule has 17 heavy (non-hydrogen) atoms. The maximum Gasteiger partial charge on any atom is 0.255 e. The lowest BCUT2D eigenvalue weighted by Gasteiger charge is -2.37. The fraction of sp³-hybridized carbons (Fsp3) is 0.583. The van der Waals surface area contributed by atoms with Crippen molar-refractivity contribution in [2.45, 2.75) is 25.8 Å². The van der Waals surface area contributed by atoms with E-state index < -0.39 is 0 Å². The lowest BCUT2D eigenvalue weighted by Crippen LogP contribution is -2.49. The fourth-order valence-corrected chi connectivity index (χ4v) is 3.46. The van der Waals surface area contributed by atoms with Crippen molar-refractivity contribution in [3.63, 3.8) is 0 Å². The van der Waals surface area contributed by atoms with Crippen LogP contribution in [0, 0.1) is 5.92 Å². The lowest BCUT2D eigenvalue weighted by atomic mass is 9.92. The Balaban J connectivity index is 2.13. The van der Waals surface area contributed by atoms with Gasteiger partial charge in [-0.3, -0.25) is 4.79 Å². The third-order valence-corrected chi connectivity index (χ3v) is 4.83. The number of carbonyl (C=O) groups excluding carboxylic acids is 1. The topological polar surface area (TPSA) is 46.3 Å². The monoisotopic (exact) mass is 316 g/mol. The van der Waals surface area contributed by atoms with Crippen LogP contribution in [0.1, 0.15) is 30.1 Å². The van der Waals surface area contributed by atoms with Crippen molar-refractivity contribution in [2.24, 2.45) is 11.7 Å². The molecule has 2 rings (SSSR count). The molecule has 1 aliphatic rings. The molecule has 1 amide bonds. The van der Waals surface area contributed by atoms with E-state index in [9.17, 15) is 4.79 Å². The minimum Gasteiger partial charge on any atom is -0.334 e. The van der Waals surface area contributed by atoms with Gasteiger partial charge in [0.2, 0.25) is 0 Å². The number of piperidine rings is 1. The summed E-state index contributed by atoms with van der Waals surface area (Å²) in [5, 5.41) is 1.90. The van der Waals surface area contributed by atoms with E-state index in [4.69, 9.17) is 5.73 Å². The van der Waals surface area contributed by atoms with Crippen molar-refractivity contribution in [1.29, 1.82) is 0 Å². The molecule has 1 aromatic rings. The second-order valence-corrected chi connectivity index (χ2v) is 6.95. The summed E-state index contributed by atoms with van der Waals surface area (Å²) in [5.74, 6) is 0.788. The number of likely N-dealkylation sites (tertiary alicyclic amines) is 1. The van der Waals surface area contributed by atoms with Crippen LogP contribution >= 0.6 is 27.3 Å². The van der Waals surface area contributed by atoms with Crippen LogP contribution in [0.4, 0.5) is 0 Å². The van der Waals surface area contributed by atoms with Crippen LogP contribution in [0.25, 0.3) is 0 Å². The number of nitrogens with zero attached hydrogens (tertiary/aromatic N) is 1. The van der Waals surface area contributed by atoms with Gasteiger partial charge in [-0.2, -0.15) is 0 Å². The molecule has 1 fully saturated rings. The zero-order valence-electron chi connectivity index (χ0n) is 9.86. The number of rotatable bonds is 2. The van der Waals surface area contributed by atoms with Gasteiger partial charge in [-0.15, -0.1) is 11.3 Å². The molecule has 1 saturated heterocycles. The van der Waals surface area contributed by atoms with Crippen molar-refractivity contribution in [3.8, 4) is 0 Å². The highest BCUT2D eigenvalue weighted by molar-refractivity contribution is 9.11. The molecule has 0 saturated carbocycles. The van der Waals surface area contributed by atoms with Crippen LogP contribution in [0.15, 0.2) is 15.2 Å². The Morgan fingerprint density at radius 2 is 2.47 bits per heavy atom. The summed E-state index contributed by atoms with van der Waals surface area (Å²) in [4.78, 5) is 14.3. The van der Waals surface area contributed by atoms with Gasteiger partial charge < -0.3 is 10.6 Å². The number of carbonyl (C=O) groups is 1. The molecule has 0 radical (unpaired) electrons. The van der Waals surface area contributed by atoms with Gasteiger partial charge in [0.05, 0.1) is 9.35 Å². The minimum atomic E-state index is 0.120. The molecule has 2 unspecified atom stereocenters. The third kappa shape index (κ3) is 2.89. The molecule has 2 N–H and O–H groups in total. The first-order valence-electron chi connectivity index (χ1n) is 5.87. The summed E-state index contributed by atoms with van der Waals surface area (Å²) >= 11 is 4.93. The van der Waals surface area contributed by atoms with Gasteiger partial charge >= 0.3 is 0 Å². The molecule has 5 heteroatoms. The summed E-state index contributed by atoms with van der Waals surface area (Å²) in [5.41, 5.74) is 6.55. The third-order valence-electron chi connectivity index (χ3n) is 3.33. The highest BCUT2D eigenvalue weighted by Gasteiger charge is 2.29. The first-order chi connectivity index (χ1) is 8.11. The fourth-order valence-electron chi connectivity index (χ4n) is 2.33. The van der Waals surface area contributed by atoms with Crippen LogP contribution < -0.4 is 5.73 Å². The Morgan fingerprint density at radius 1 is 1.71 bits per heavy atom. The first-order valence-corrected chi connectivity index (χ1v) is 7.54. The van der Waals surface area contributed by atoms with Gasteiger partial charge in [-0.1, -0.05) is 6.92 Å². The molecular formula is C12H17BrN2OS. The molecule has 0 spiro atoms. The molecule has 1 aromatic heterocycles. The second kappa shape index (κ2) is 5.50. The van der Waals surface area contributed by atoms with Crippen molar-refractivity contribution in [1.82, 2.24) is 4.90 Å². The van der Waals surface area contributed by atoms with Crippen LogP contribution in [0.2, 0.25) is 0 Å². The molecule has 0 aromatic carbocycles. The maximum absolute atomic E-state index is 12.3. The Kier molecular flexibility index (Phi) is 4.22. The van der Waals surface area contributed by atoms with Gasteiger partial charge in [0.1, 0.15) is 0 Å². The number of hydrogen-bond acceptors (Lipinski definition) is 3. The summed E-state index contributed by atoms with van der Waals surface area (Å²) < 4.78 is 0.996. The Hall–Kier alpha value is -0.390. The van der Waals surface area contributed by atoms with E-state index in [1.807, 2.05) is 16.3 Å². The molecule has 2 heterocycles. The van der Waals surface area contributed by atoms with Gasteiger partial charge in [0.15, 0.2) is 0 Å². The largest absolute Gasteiger partial charge is 0.334 e. The van der Waals surface area contributed by atoms with Crippen LogP contribution in [-0.4, -0.2) is 29.9 Å². The van der Waals surface area contributed by atoms with E-state index >= 15 is 0 Å². The van der Waals surface area contributed by atoms with Gasteiger partial charge in [0.25, 0.3) is 5.91 Å². The normalized spacial score (nSPS) is 25.0. The van der Waals surface area contributed by atoms with Gasteiger partial charge in [-0.05, 0) is 40.8 Å². The van der Waals surface area contributed by atoms with Crippen LogP contribution in [0.3, 0.4) is 0 Å². The smallest absolute Gasteiger partial charge is 0.255 e. The number of hydrogen-bond donors (Lipinski definition) is 1. The molecule has 3 nitrogen and oxygen atoms in total. The maximum atomic E-state index is 12.3. The van der Waals surface area contributed by atoms with E-state index in [1.165, 1.54) is 0 Å². The summed E-state index contributed by atoms with van der Waals surface area (Å²) in [7, 11) is 0. The SMILES string of the molecule is CC1CCN(C(=O)c2csc(Br)c2)C(CN)C1. The average molecular weight is 317 g/mol. The predicted octanol–water partition coefficient (Wildman–Crippen LogP) is 2.71. The minimum absolute atomic E-state index is 0.120. The van der Waals surface area contributed by atoms with E-state index in [0.29, 0.717) is 12.5 Å². The molecule has 1 aliphatic heterocycles. The van der Waals surface area contributed by atoms with Gasteiger partial charge in [-0.25, -0.2) is 0 Å². The molecule has 94 valence electrons. The number of halogens is 1. The van der Waals surface area contributed by atoms with Crippen molar-refractivity contribution in [2.75, 3.05) is 13.1 Å². The number of amides is 1. The molecule has 2 atom stereocenters. The summed E-state index contributed by atoms with van der Waals surface area (Å²) in [6, 6.07) is 2.09. The van der Waals surface area contributed by atoms with E-state index in [-0.39, 0.29) is 11.9 Å². The van der Waals surface area contributed by atoms with E-state index in [2.05, 4.69) is 22.9 Å². The van der Waals surface area contributed by atoms with Crippen LogP contribution in [0.5, 0.6) is 0 Å². The number of thiophene rings is 1. The first kappa shape index (κ1) is 13.1. The average Bonchev–Trinajstić information content (AvgIpc) is 2.75. The van der Waals surface area contributed by atoms with Crippen LogP contribution in [-0.2, 0) is 0 Å². The quantitative estimate of drug-likeness (QED) is 0.911. The molecule has 0 bridgehead atoms. The highest BCUT2D eigenvalue weighted by Crippen LogP contribution is 2.26. The van der Waals surface area contributed by atoms with Crippen molar-refractivity contribution >= 4 is 33.2 Å². The zero-order valence-corrected chi connectivity index (χ0v) is 12.3. The Morgan fingerprint density at radius 3 is 3.06 bits per heavy atom. The summed E-state index contributed by atoms with van der Waals surface area (Å²) in [6.45, 7) is 3.61. The highest BCUT2D eigenvalue weighted by atomic mass is 79.9. The van der Waals surface area contributed by atoms with E-state index in [0.717, 1.165) is 28.7 Å².